The number of nitrogens with one attached hydrogen (secondary N) is 1. The minimum Gasteiger partial charge on any atom is -0.495 e. The van der Waals surface area contributed by atoms with Crippen LogP contribution in [0.3, 0.4) is 0 Å². The monoisotopic (exact) mass is 448 g/mol. The number of hydrogen-bond donors (Lipinski definition) is 1. The van der Waals surface area contributed by atoms with Crippen molar-refractivity contribution < 1.29 is 28.2 Å². The number of aryl methyl sites for hydroxylation is 1. The van der Waals surface area contributed by atoms with E-state index in [9.17, 15) is 9.59 Å². The zero-order valence-electron chi connectivity index (χ0n) is 18.8. The van der Waals surface area contributed by atoms with E-state index in [1.807, 2.05) is 19.1 Å². The van der Waals surface area contributed by atoms with Crippen LogP contribution in [0.15, 0.2) is 64.9 Å². The van der Waals surface area contributed by atoms with Gasteiger partial charge in [-0.25, -0.2) is 0 Å². The van der Waals surface area contributed by atoms with Gasteiger partial charge in [0.1, 0.15) is 17.2 Å². The normalized spacial score (nSPS) is 13.5. The van der Waals surface area contributed by atoms with Crippen molar-refractivity contribution in [2.75, 3.05) is 26.6 Å². The van der Waals surface area contributed by atoms with Crippen LogP contribution >= 0.6 is 0 Å². The van der Waals surface area contributed by atoms with Crippen molar-refractivity contribution in [1.82, 2.24) is 4.90 Å². The molecule has 2 aromatic carbocycles. The SMILES string of the molecule is COc1ccc(C)cc1NC1=C(c2ccc(OC)c(OC)c2)C(=O)N(Cc2ccco2)C1=O. The van der Waals surface area contributed by atoms with Crippen molar-refractivity contribution in [3.63, 3.8) is 0 Å². The Morgan fingerprint density at radius 2 is 1.61 bits per heavy atom. The summed E-state index contributed by atoms with van der Waals surface area (Å²) in [5.74, 6) is 1.09. The number of imide groups is 1. The van der Waals surface area contributed by atoms with Gasteiger partial charge in [0.25, 0.3) is 11.8 Å². The highest BCUT2D eigenvalue weighted by molar-refractivity contribution is 6.36. The van der Waals surface area contributed by atoms with Gasteiger partial charge >= 0.3 is 0 Å². The van der Waals surface area contributed by atoms with E-state index in [4.69, 9.17) is 18.6 Å². The molecule has 0 saturated carbocycles. The minimum absolute atomic E-state index is 0.0115. The number of furan rings is 1. The van der Waals surface area contributed by atoms with Gasteiger partial charge in [-0.2, -0.15) is 0 Å². The van der Waals surface area contributed by atoms with Crippen LogP contribution in [0, 0.1) is 6.92 Å². The molecule has 1 aliphatic rings. The van der Waals surface area contributed by atoms with Gasteiger partial charge in [0, 0.05) is 0 Å². The highest BCUT2D eigenvalue weighted by Crippen LogP contribution is 2.37. The first-order chi connectivity index (χ1) is 16.0. The molecule has 1 aromatic heterocycles. The molecule has 0 fully saturated rings. The third kappa shape index (κ3) is 4.15. The summed E-state index contributed by atoms with van der Waals surface area (Å²) in [5, 5.41) is 3.15. The van der Waals surface area contributed by atoms with E-state index in [1.165, 1.54) is 20.5 Å². The zero-order chi connectivity index (χ0) is 23.5. The predicted octanol–water partition coefficient (Wildman–Crippen LogP) is 4.01. The number of benzene rings is 2. The molecule has 2 heterocycles. The summed E-state index contributed by atoms with van der Waals surface area (Å²) in [7, 11) is 4.59. The maximum absolute atomic E-state index is 13.5. The summed E-state index contributed by atoms with van der Waals surface area (Å²) < 4.78 is 21.5. The fraction of sp³-hybridized carbons (Fsp3) is 0.200. The second kappa shape index (κ2) is 9.12. The first-order valence-corrected chi connectivity index (χ1v) is 10.2. The quantitative estimate of drug-likeness (QED) is 0.521. The van der Waals surface area contributed by atoms with Crippen molar-refractivity contribution in [3.8, 4) is 17.2 Å². The fourth-order valence-corrected chi connectivity index (χ4v) is 3.71. The van der Waals surface area contributed by atoms with Gasteiger partial charge in [0.2, 0.25) is 0 Å². The van der Waals surface area contributed by atoms with Gasteiger partial charge in [0.15, 0.2) is 11.5 Å². The standard InChI is InChI=1S/C25H24N2O6/c1-15-7-9-19(30-2)18(12-15)26-23-22(16-8-10-20(31-3)21(13-16)32-4)24(28)27(25(23)29)14-17-6-5-11-33-17/h5-13,26H,14H2,1-4H3. The molecular weight excluding hydrogens is 424 g/mol. The summed E-state index contributed by atoms with van der Waals surface area (Å²) in [6.07, 6.45) is 1.50. The first kappa shape index (κ1) is 22.0. The van der Waals surface area contributed by atoms with Crippen LogP contribution in [0.25, 0.3) is 5.57 Å². The molecule has 8 heteroatoms. The van der Waals surface area contributed by atoms with Crippen molar-refractivity contribution in [2.45, 2.75) is 13.5 Å². The maximum atomic E-state index is 13.5. The molecule has 8 nitrogen and oxygen atoms in total. The molecule has 0 spiro atoms. The minimum atomic E-state index is -0.468. The van der Waals surface area contributed by atoms with Crippen LogP contribution in [0.4, 0.5) is 5.69 Å². The molecule has 0 atom stereocenters. The summed E-state index contributed by atoms with van der Waals surface area (Å²) in [5.41, 5.74) is 2.42. The van der Waals surface area contributed by atoms with Crippen molar-refractivity contribution in [2.24, 2.45) is 0 Å². The third-order valence-corrected chi connectivity index (χ3v) is 5.35. The lowest BCUT2D eigenvalue weighted by Gasteiger charge is -2.15. The number of carbonyl (C=O) groups excluding carboxylic acids is 2. The van der Waals surface area contributed by atoms with E-state index in [0.29, 0.717) is 34.3 Å². The van der Waals surface area contributed by atoms with Gasteiger partial charge in [-0.05, 0) is 54.4 Å². The Bertz CT molecular complexity index is 1230. The lowest BCUT2D eigenvalue weighted by atomic mass is 10.0. The van der Waals surface area contributed by atoms with Crippen LogP contribution in [0.5, 0.6) is 17.2 Å². The Labute approximate surface area is 191 Å². The van der Waals surface area contributed by atoms with E-state index in [2.05, 4.69) is 5.32 Å². The maximum Gasteiger partial charge on any atom is 0.278 e. The number of rotatable bonds is 8. The molecule has 170 valence electrons. The van der Waals surface area contributed by atoms with Crippen LogP contribution in [0.1, 0.15) is 16.9 Å². The number of hydrogen-bond acceptors (Lipinski definition) is 7. The summed E-state index contributed by atoms with van der Waals surface area (Å²) >= 11 is 0. The average Bonchev–Trinajstić information content (AvgIpc) is 3.42. The largest absolute Gasteiger partial charge is 0.495 e. The lowest BCUT2D eigenvalue weighted by molar-refractivity contribution is -0.137. The Morgan fingerprint density at radius 3 is 2.27 bits per heavy atom. The highest BCUT2D eigenvalue weighted by Gasteiger charge is 2.40. The summed E-state index contributed by atoms with van der Waals surface area (Å²) in [6, 6.07) is 14.1. The van der Waals surface area contributed by atoms with E-state index in [-0.39, 0.29) is 17.8 Å². The van der Waals surface area contributed by atoms with E-state index < -0.39 is 11.8 Å². The number of amides is 2. The average molecular weight is 448 g/mol. The van der Waals surface area contributed by atoms with Crippen LogP contribution < -0.4 is 19.5 Å². The summed E-state index contributed by atoms with van der Waals surface area (Å²) in [4.78, 5) is 28.1. The van der Waals surface area contributed by atoms with E-state index in [1.54, 1.807) is 43.5 Å². The molecule has 1 aliphatic heterocycles. The zero-order valence-corrected chi connectivity index (χ0v) is 18.8. The highest BCUT2D eigenvalue weighted by atomic mass is 16.5. The van der Waals surface area contributed by atoms with Crippen molar-refractivity contribution in [1.29, 1.82) is 0 Å². The van der Waals surface area contributed by atoms with Crippen molar-refractivity contribution >= 4 is 23.1 Å². The van der Waals surface area contributed by atoms with Crippen molar-refractivity contribution in [3.05, 3.63) is 77.4 Å². The topological polar surface area (TPSA) is 90.2 Å². The van der Waals surface area contributed by atoms with Crippen LogP contribution in [-0.4, -0.2) is 38.0 Å². The predicted molar refractivity (Wildman–Crippen MR) is 122 cm³/mol. The van der Waals surface area contributed by atoms with E-state index >= 15 is 0 Å². The van der Waals surface area contributed by atoms with Gasteiger partial charge in [0.05, 0.1) is 45.4 Å². The van der Waals surface area contributed by atoms with Gasteiger partial charge in [-0.15, -0.1) is 0 Å². The van der Waals surface area contributed by atoms with Gasteiger partial charge < -0.3 is 23.9 Å². The van der Waals surface area contributed by atoms with Crippen LogP contribution in [-0.2, 0) is 16.1 Å². The Kier molecular flexibility index (Phi) is 6.08. The number of anilines is 1. The molecule has 0 aliphatic carbocycles. The smallest absolute Gasteiger partial charge is 0.278 e. The Morgan fingerprint density at radius 1 is 0.879 bits per heavy atom. The molecule has 0 saturated heterocycles. The molecule has 4 rings (SSSR count). The first-order valence-electron chi connectivity index (χ1n) is 10.2. The molecule has 2 amide bonds. The number of carbonyl (C=O) groups is 2. The van der Waals surface area contributed by atoms with Gasteiger partial charge in [-0.1, -0.05) is 12.1 Å². The molecule has 1 N–H and O–H groups in total. The second-order valence-electron chi connectivity index (χ2n) is 7.42. The Hall–Kier alpha value is -4.20. The molecule has 3 aromatic rings. The van der Waals surface area contributed by atoms with Gasteiger partial charge in [-0.3, -0.25) is 14.5 Å². The molecular formula is C25H24N2O6. The molecule has 33 heavy (non-hydrogen) atoms. The fourth-order valence-electron chi connectivity index (χ4n) is 3.71. The molecule has 0 radical (unpaired) electrons. The summed E-state index contributed by atoms with van der Waals surface area (Å²) in [6.45, 7) is 1.94. The third-order valence-electron chi connectivity index (χ3n) is 5.35. The number of nitrogens with zero attached hydrogens (tertiary/aromatic N) is 1. The Balaban J connectivity index is 1.83. The second-order valence-corrected chi connectivity index (χ2v) is 7.42. The van der Waals surface area contributed by atoms with E-state index in [0.717, 1.165) is 10.5 Å². The number of methoxy groups -OCH3 is 3. The van der Waals surface area contributed by atoms with Crippen LogP contribution in [0.2, 0.25) is 0 Å². The number of ether oxygens (including phenoxy) is 3. The molecule has 0 unspecified atom stereocenters. The lowest BCUT2D eigenvalue weighted by Crippen LogP contribution is -2.31. The molecule has 0 bridgehead atoms.